The first-order chi connectivity index (χ1) is 9.70. The van der Waals surface area contributed by atoms with Crippen LogP contribution >= 0.6 is 0 Å². The number of amides is 2. The number of likely N-dealkylation sites (tertiary alicyclic amines) is 2. The molecule has 4 fully saturated rings. The molecule has 1 spiro atoms. The molecule has 2 unspecified atom stereocenters. The molecule has 20 heavy (non-hydrogen) atoms. The smallest absolute Gasteiger partial charge is 0.226 e. The predicted molar refractivity (Wildman–Crippen MR) is 74.9 cm³/mol. The topological polar surface area (TPSA) is 40.6 Å². The van der Waals surface area contributed by atoms with Crippen LogP contribution in [0.1, 0.15) is 51.4 Å². The van der Waals surface area contributed by atoms with Crippen LogP contribution < -0.4 is 0 Å². The molecule has 2 heterocycles. The summed E-state index contributed by atoms with van der Waals surface area (Å²) in [5.41, 5.74) is 0.401. The normalized spacial score (nSPS) is 35.3. The molecule has 0 aromatic heterocycles. The first-order valence-electron chi connectivity index (χ1n) is 8.28. The second kappa shape index (κ2) is 4.47. The lowest BCUT2D eigenvalue weighted by Crippen LogP contribution is -2.40. The molecule has 0 bridgehead atoms. The van der Waals surface area contributed by atoms with Crippen LogP contribution in [0.3, 0.4) is 0 Å². The average molecular weight is 276 g/mol. The van der Waals surface area contributed by atoms with Crippen molar-refractivity contribution in [2.24, 2.45) is 11.3 Å². The minimum Gasteiger partial charge on any atom is -0.340 e. The summed E-state index contributed by atoms with van der Waals surface area (Å²) in [5.74, 6) is 1.00. The van der Waals surface area contributed by atoms with E-state index in [2.05, 4.69) is 0 Å². The summed E-state index contributed by atoms with van der Waals surface area (Å²) in [6, 6.07) is 0.298. The number of hydrogen-bond acceptors (Lipinski definition) is 2. The van der Waals surface area contributed by atoms with Gasteiger partial charge in [0.25, 0.3) is 0 Å². The van der Waals surface area contributed by atoms with Gasteiger partial charge in [0.1, 0.15) is 0 Å². The third-order valence-corrected chi connectivity index (χ3v) is 6.11. The van der Waals surface area contributed by atoms with Crippen molar-refractivity contribution < 1.29 is 9.59 Å². The SMILES string of the molecule is O=C(C1CC12CCCC2)N1CCC(N2CCCC2=O)C1. The van der Waals surface area contributed by atoms with Crippen LogP contribution in [0.15, 0.2) is 0 Å². The fourth-order valence-corrected chi connectivity index (χ4v) is 4.80. The van der Waals surface area contributed by atoms with Crippen molar-refractivity contribution in [3.8, 4) is 0 Å². The Morgan fingerprint density at radius 3 is 2.65 bits per heavy atom. The van der Waals surface area contributed by atoms with E-state index in [1.165, 1.54) is 25.7 Å². The highest BCUT2D eigenvalue weighted by Gasteiger charge is 2.59. The molecule has 4 aliphatic rings. The van der Waals surface area contributed by atoms with Crippen LogP contribution in [0.2, 0.25) is 0 Å². The zero-order valence-corrected chi connectivity index (χ0v) is 12.1. The van der Waals surface area contributed by atoms with Gasteiger partial charge in [-0.1, -0.05) is 12.8 Å². The van der Waals surface area contributed by atoms with Gasteiger partial charge in [-0.15, -0.1) is 0 Å². The van der Waals surface area contributed by atoms with E-state index in [0.29, 0.717) is 35.6 Å². The first kappa shape index (κ1) is 12.7. The molecule has 2 aliphatic heterocycles. The van der Waals surface area contributed by atoms with Crippen molar-refractivity contribution >= 4 is 11.8 Å². The standard InChI is InChI=1S/C16H24N2O2/c19-14-4-3-8-18(14)12-5-9-17(11-12)15(20)13-10-16(13)6-1-2-7-16/h12-13H,1-11H2. The van der Waals surface area contributed by atoms with Gasteiger partial charge in [0.05, 0.1) is 6.04 Å². The number of carbonyl (C=O) groups is 2. The van der Waals surface area contributed by atoms with Gasteiger partial charge in [0, 0.05) is 32.0 Å². The van der Waals surface area contributed by atoms with Crippen molar-refractivity contribution in [1.29, 1.82) is 0 Å². The van der Waals surface area contributed by atoms with Gasteiger partial charge in [-0.3, -0.25) is 9.59 Å². The number of carbonyl (C=O) groups excluding carboxylic acids is 2. The van der Waals surface area contributed by atoms with Gasteiger partial charge in [0.15, 0.2) is 0 Å². The highest BCUT2D eigenvalue weighted by atomic mass is 16.2. The van der Waals surface area contributed by atoms with Crippen molar-refractivity contribution in [2.75, 3.05) is 19.6 Å². The molecule has 4 rings (SSSR count). The van der Waals surface area contributed by atoms with Gasteiger partial charge in [-0.05, 0) is 37.5 Å². The Hall–Kier alpha value is -1.06. The summed E-state index contributed by atoms with van der Waals surface area (Å²) in [5, 5.41) is 0. The Balaban J connectivity index is 1.37. The quantitative estimate of drug-likeness (QED) is 0.771. The molecular weight excluding hydrogens is 252 g/mol. The van der Waals surface area contributed by atoms with Gasteiger partial charge < -0.3 is 9.80 Å². The fraction of sp³-hybridized carbons (Fsp3) is 0.875. The molecule has 0 radical (unpaired) electrons. The van der Waals surface area contributed by atoms with E-state index in [-0.39, 0.29) is 0 Å². The molecule has 2 aliphatic carbocycles. The van der Waals surface area contributed by atoms with Crippen molar-refractivity contribution in [3.05, 3.63) is 0 Å². The highest BCUT2D eigenvalue weighted by molar-refractivity contribution is 5.83. The lowest BCUT2D eigenvalue weighted by atomic mass is 10.0. The van der Waals surface area contributed by atoms with Crippen molar-refractivity contribution in [3.63, 3.8) is 0 Å². The van der Waals surface area contributed by atoms with Gasteiger partial charge in [0.2, 0.25) is 11.8 Å². The maximum Gasteiger partial charge on any atom is 0.226 e. The first-order valence-corrected chi connectivity index (χ1v) is 8.28. The molecule has 2 amide bonds. The van der Waals surface area contributed by atoms with E-state index in [1.54, 1.807) is 0 Å². The number of nitrogens with zero attached hydrogens (tertiary/aromatic N) is 2. The summed E-state index contributed by atoms with van der Waals surface area (Å²) in [7, 11) is 0. The van der Waals surface area contributed by atoms with Crippen LogP contribution in [0.5, 0.6) is 0 Å². The van der Waals surface area contributed by atoms with Gasteiger partial charge in [-0.25, -0.2) is 0 Å². The average Bonchev–Trinajstić information content (AvgIpc) is 2.89. The van der Waals surface area contributed by atoms with Crippen LogP contribution in [0.4, 0.5) is 0 Å². The zero-order chi connectivity index (χ0) is 13.7. The summed E-state index contributed by atoms with van der Waals surface area (Å²) < 4.78 is 0. The Morgan fingerprint density at radius 2 is 1.95 bits per heavy atom. The van der Waals surface area contributed by atoms with Gasteiger partial charge >= 0.3 is 0 Å². The van der Waals surface area contributed by atoms with E-state index in [9.17, 15) is 9.59 Å². The summed E-state index contributed by atoms with van der Waals surface area (Å²) >= 11 is 0. The Bertz CT molecular complexity index is 442. The monoisotopic (exact) mass is 276 g/mol. The third kappa shape index (κ3) is 1.87. The molecule has 2 atom stereocenters. The fourth-order valence-electron chi connectivity index (χ4n) is 4.80. The molecule has 2 saturated carbocycles. The lowest BCUT2D eigenvalue weighted by molar-refractivity contribution is -0.134. The maximum absolute atomic E-state index is 12.6. The molecule has 0 aromatic carbocycles. The zero-order valence-electron chi connectivity index (χ0n) is 12.1. The minimum absolute atomic E-state index is 0.294. The van der Waals surface area contributed by atoms with E-state index in [0.717, 1.165) is 38.9 Å². The van der Waals surface area contributed by atoms with E-state index >= 15 is 0 Å². The predicted octanol–water partition coefficient (Wildman–Crippen LogP) is 1.79. The van der Waals surface area contributed by atoms with Crippen LogP contribution in [-0.4, -0.2) is 47.3 Å². The second-order valence-corrected chi connectivity index (χ2v) is 7.24. The molecule has 2 saturated heterocycles. The highest BCUT2D eigenvalue weighted by Crippen LogP contribution is 2.63. The minimum atomic E-state index is 0.294. The number of rotatable bonds is 2. The molecule has 110 valence electrons. The molecule has 0 aromatic rings. The van der Waals surface area contributed by atoms with E-state index < -0.39 is 0 Å². The Labute approximate surface area is 120 Å². The molecule has 4 nitrogen and oxygen atoms in total. The third-order valence-electron chi connectivity index (χ3n) is 6.11. The lowest BCUT2D eigenvalue weighted by Gasteiger charge is -2.24. The van der Waals surface area contributed by atoms with Crippen LogP contribution in [0, 0.1) is 11.3 Å². The summed E-state index contributed by atoms with van der Waals surface area (Å²) in [4.78, 5) is 28.5. The molecule has 0 N–H and O–H groups in total. The van der Waals surface area contributed by atoms with Crippen molar-refractivity contribution in [1.82, 2.24) is 9.80 Å². The van der Waals surface area contributed by atoms with E-state index in [4.69, 9.17) is 0 Å². The van der Waals surface area contributed by atoms with Crippen LogP contribution in [0.25, 0.3) is 0 Å². The van der Waals surface area contributed by atoms with Crippen LogP contribution in [-0.2, 0) is 9.59 Å². The Morgan fingerprint density at radius 1 is 1.15 bits per heavy atom. The largest absolute Gasteiger partial charge is 0.340 e. The Kier molecular flexibility index (Phi) is 2.83. The van der Waals surface area contributed by atoms with E-state index in [1.807, 2.05) is 9.80 Å². The van der Waals surface area contributed by atoms with Gasteiger partial charge in [-0.2, -0.15) is 0 Å². The molecule has 4 heteroatoms. The number of hydrogen-bond donors (Lipinski definition) is 0. The second-order valence-electron chi connectivity index (χ2n) is 7.24. The summed E-state index contributed by atoms with van der Waals surface area (Å²) in [6.07, 6.45) is 8.98. The van der Waals surface area contributed by atoms with Crippen molar-refractivity contribution in [2.45, 2.75) is 57.4 Å². The maximum atomic E-state index is 12.6. The molecular formula is C16H24N2O2. The summed E-state index contributed by atoms with van der Waals surface area (Å²) in [6.45, 7) is 2.55.